The minimum atomic E-state index is -4.34. The summed E-state index contributed by atoms with van der Waals surface area (Å²) in [7, 11) is 2.07. The lowest BCUT2D eigenvalue weighted by atomic mass is 9.80. The number of halogens is 4. The van der Waals surface area contributed by atoms with Crippen LogP contribution in [-0.4, -0.2) is 31.6 Å². The van der Waals surface area contributed by atoms with Crippen molar-refractivity contribution in [1.29, 1.82) is 0 Å². The molecule has 0 atom stereocenters. The van der Waals surface area contributed by atoms with E-state index in [2.05, 4.69) is 40.1 Å². The van der Waals surface area contributed by atoms with Crippen LogP contribution in [0.25, 0.3) is 0 Å². The van der Waals surface area contributed by atoms with Crippen molar-refractivity contribution >= 4 is 21.6 Å². The highest BCUT2D eigenvalue weighted by molar-refractivity contribution is 9.10. The average Bonchev–Trinajstić information content (AvgIpc) is 2.39. The van der Waals surface area contributed by atoms with Crippen LogP contribution in [0.1, 0.15) is 25.3 Å². The third kappa shape index (κ3) is 4.36. The van der Waals surface area contributed by atoms with Gasteiger partial charge in [-0.1, -0.05) is 22.9 Å². The van der Waals surface area contributed by atoms with Gasteiger partial charge < -0.3 is 10.2 Å². The minimum absolute atomic E-state index is 0.0394. The van der Waals surface area contributed by atoms with Crippen LogP contribution in [0.5, 0.6) is 0 Å². The maximum absolute atomic E-state index is 13.0. The normalized spacial score (nSPS) is 19.5. The number of anilines is 1. The van der Waals surface area contributed by atoms with Crippen LogP contribution in [0.3, 0.4) is 0 Å². The molecule has 6 heteroatoms. The highest BCUT2D eigenvalue weighted by Gasteiger charge is 2.34. The van der Waals surface area contributed by atoms with Gasteiger partial charge in [0, 0.05) is 16.7 Å². The molecule has 0 aliphatic carbocycles. The van der Waals surface area contributed by atoms with Crippen molar-refractivity contribution in [2.75, 3.05) is 32.0 Å². The molecule has 1 heterocycles. The Morgan fingerprint density at radius 2 is 1.90 bits per heavy atom. The second-order valence-electron chi connectivity index (χ2n) is 6.16. The zero-order chi connectivity index (χ0) is 15.7. The van der Waals surface area contributed by atoms with Crippen LogP contribution in [-0.2, 0) is 6.18 Å². The fraction of sp³-hybridized carbons (Fsp3) is 0.600. The summed E-state index contributed by atoms with van der Waals surface area (Å²) in [5, 5.41) is 3.02. The van der Waals surface area contributed by atoms with E-state index >= 15 is 0 Å². The Kier molecular flexibility index (Phi) is 4.88. The third-order valence-electron chi connectivity index (χ3n) is 4.19. The number of nitrogens with one attached hydrogen (secondary N) is 1. The van der Waals surface area contributed by atoms with E-state index in [1.807, 2.05) is 0 Å². The molecule has 1 saturated heterocycles. The number of hydrogen-bond donors (Lipinski definition) is 1. The van der Waals surface area contributed by atoms with E-state index in [9.17, 15) is 13.2 Å². The van der Waals surface area contributed by atoms with Gasteiger partial charge in [-0.05, 0) is 56.6 Å². The standard InChI is InChI=1S/C15H20BrF3N2/c1-14(5-7-21(2)8-6-14)10-20-13-9-11(16)3-4-12(13)15(17,18)19/h3-4,9,20H,5-8,10H2,1-2H3. The molecule has 0 amide bonds. The molecule has 1 aliphatic heterocycles. The number of alkyl halides is 3. The highest BCUT2D eigenvalue weighted by atomic mass is 79.9. The first-order valence-corrected chi connectivity index (χ1v) is 7.78. The summed E-state index contributed by atoms with van der Waals surface area (Å²) in [6, 6.07) is 4.04. The first kappa shape index (κ1) is 16.6. The lowest BCUT2D eigenvalue weighted by Crippen LogP contribution is -2.40. The van der Waals surface area contributed by atoms with Crippen molar-refractivity contribution in [1.82, 2.24) is 4.90 Å². The zero-order valence-electron chi connectivity index (χ0n) is 12.2. The van der Waals surface area contributed by atoms with Crippen LogP contribution in [0, 0.1) is 5.41 Å². The van der Waals surface area contributed by atoms with E-state index < -0.39 is 11.7 Å². The maximum atomic E-state index is 13.0. The van der Waals surface area contributed by atoms with Crippen LogP contribution < -0.4 is 5.32 Å². The molecule has 1 aliphatic rings. The Balaban J connectivity index is 2.11. The van der Waals surface area contributed by atoms with Crippen molar-refractivity contribution in [2.45, 2.75) is 25.9 Å². The van der Waals surface area contributed by atoms with Crippen LogP contribution in [0.15, 0.2) is 22.7 Å². The molecule has 1 N–H and O–H groups in total. The van der Waals surface area contributed by atoms with Gasteiger partial charge >= 0.3 is 6.18 Å². The summed E-state index contributed by atoms with van der Waals surface area (Å²) < 4.78 is 39.7. The summed E-state index contributed by atoms with van der Waals surface area (Å²) in [6.07, 6.45) is -2.35. The SMILES string of the molecule is CN1CCC(C)(CNc2cc(Br)ccc2C(F)(F)F)CC1. The molecule has 2 rings (SSSR count). The van der Waals surface area contributed by atoms with E-state index in [4.69, 9.17) is 0 Å². The first-order valence-electron chi connectivity index (χ1n) is 6.99. The van der Waals surface area contributed by atoms with Crippen LogP contribution >= 0.6 is 15.9 Å². The van der Waals surface area contributed by atoms with Crippen LogP contribution in [0.2, 0.25) is 0 Å². The Morgan fingerprint density at radius 3 is 2.48 bits per heavy atom. The van der Waals surface area contributed by atoms with Crippen LogP contribution in [0.4, 0.5) is 18.9 Å². The van der Waals surface area contributed by atoms with Gasteiger partial charge in [0.25, 0.3) is 0 Å². The quantitative estimate of drug-likeness (QED) is 0.842. The smallest absolute Gasteiger partial charge is 0.384 e. The molecule has 1 fully saturated rings. The number of nitrogens with zero attached hydrogens (tertiary/aromatic N) is 1. The molecule has 118 valence electrons. The second-order valence-corrected chi connectivity index (χ2v) is 7.07. The predicted octanol–water partition coefficient (Wildman–Crippen LogP) is 4.61. The maximum Gasteiger partial charge on any atom is 0.418 e. The summed E-state index contributed by atoms with van der Waals surface area (Å²) in [5.74, 6) is 0. The first-order chi connectivity index (χ1) is 9.70. The van der Waals surface area contributed by atoms with E-state index in [1.54, 1.807) is 0 Å². The zero-order valence-corrected chi connectivity index (χ0v) is 13.8. The van der Waals surface area contributed by atoms with Crippen molar-refractivity contribution < 1.29 is 13.2 Å². The number of piperidine rings is 1. The van der Waals surface area contributed by atoms with E-state index in [1.165, 1.54) is 12.1 Å². The largest absolute Gasteiger partial charge is 0.418 e. The molecule has 2 nitrogen and oxygen atoms in total. The summed E-state index contributed by atoms with van der Waals surface area (Å²) >= 11 is 3.24. The molecule has 21 heavy (non-hydrogen) atoms. The number of benzene rings is 1. The molecule has 0 aromatic heterocycles. The Labute approximate surface area is 131 Å². The van der Waals surface area contributed by atoms with Crippen molar-refractivity contribution in [3.63, 3.8) is 0 Å². The topological polar surface area (TPSA) is 15.3 Å². The summed E-state index contributed by atoms with van der Waals surface area (Å²) in [6.45, 7) is 4.67. The van der Waals surface area contributed by atoms with Crippen molar-refractivity contribution in [3.05, 3.63) is 28.2 Å². The molecular weight excluding hydrogens is 345 g/mol. The van der Waals surface area contributed by atoms with Gasteiger partial charge in [0.05, 0.1) is 5.56 Å². The molecule has 0 saturated carbocycles. The average molecular weight is 365 g/mol. The Hall–Kier alpha value is -0.750. The van der Waals surface area contributed by atoms with Crippen molar-refractivity contribution in [3.8, 4) is 0 Å². The fourth-order valence-electron chi connectivity index (χ4n) is 2.55. The van der Waals surface area contributed by atoms with Gasteiger partial charge in [-0.2, -0.15) is 13.2 Å². The fourth-order valence-corrected chi connectivity index (χ4v) is 2.91. The monoisotopic (exact) mass is 364 g/mol. The predicted molar refractivity (Wildman–Crippen MR) is 82.5 cm³/mol. The van der Waals surface area contributed by atoms with Gasteiger partial charge in [0.15, 0.2) is 0 Å². The van der Waals surface area contributed by atoms with E-state index in [0.717, 1.165) is 32.0 Å². The van der Waals surface area contributed by atoms with Crippen molar-refractivity contribution in [2.24, 2.45) is 5.41 Å². The van der Waals surface area contributed by atoms with Gasteiger partial charge in [-0.3, -0.25) is 0 Å². The molecular formula is C15H20BrF3N2. The number of likely N-dealkylation sites (tertiary alicyclic amines) is 1. The minimum Gasteiger partial charge on any atom is -0.384 e. The lowest BCUT2D eigenvalue weighted by molar-refractivity contribution is -0.137. The number of hydrogen-bond acceptors (Lipinski definition) is 2. The summed E-state index contributed by atoms with van der Waals surface area (Å²) in [4.78, 5) is 2.25. The molecule has 0 unspecified atom stereocenters. The second kappa shape index (κ2) is 6.16. The molecule has 0 bridgehead atoms. The van der Waals surface area contributed by atoms with Gasteiger partial charge in [-0.15, -0.1) is 0 Å². The van der Waals surface area contributed by atoms with E-state index in [-0.39, 0.29) is 11.1 Å². The molecule has 0 spiro atoms. The summed E-state index contributed by atoms with van der Waals surface area (Å²) in [5.41, 5.74) is -0.420. The Morgan fingerprint density at radius 1 is 1.29 bits per heavy atom. The van der Waals surface area contributed by atoms with E-state index in [0.29, 0.717) is 11.0 Å². The Bertz CT molecular complexity index is 494. The van der Waals surface area contributed by atoms with Gasteiger partial charge in [-0.25, -0.2) is 0 Å². The van der Waals surface area contributed by atoms with Gasteiger partial charge in [0.2, 0.25) is 0 Å². The highest BCUT2D eigenvalue weighted by Crippen LogP contribution is 2.37. The third-order valence-corrected chi connectivity index (χ3v) is 4.68. The number of rotatable bonds is 3. The van der Waals surface area contributed by atoms with Gasteiger partial charge in [0.1, 0.15) is 0 Å². The molecule has 1 aromatic rings. The molecule has 1 aromatic carbocycles. The molecule has 0 radical (unpaired) electrons. The lowest BCUT2D eigenvalue weighted by Gasteiger charge is -2.38.